The van der Waals surface area contributed by atoms with Crippen LogP contribution in [0.15, 0.2) is 5.38 Å². The van der Waals surface area contributed by atoms with Gasteiger partial charge in [-0.1, -0.05) is 41.5 Å². The van der Waals surface area contributed by atoms with E-state index < -0.39 is 0 Å². The van der Waals surface area contributed by atoms with Crippen molar-refractivity contribution in [3.63, 3.8) is 0 Å². The number of thiophene rings is 1. The summed E-state index contributed by atoms with van der Waals surface area (Å²) in [6, 6.07) is 0. The van der Waals surface area contributed by atoms with E-state index >= 15 is 0 Å². The maximum Gasteiger partial charge on any atom is 0.174 e. The fraction of sp³-hybridized carbons (Fsp3) is 0.692. The van der Waals surface area contributed by atoms with Gasteiger partial charge in [-0.15, -0.1) is 11.3 Å². The predicted octanol–water partition coefficient (Wildman–Crippen LogP) is 4.91. The second-order valence-electron chi connectivity index (χ2n) is 2.18. The van der Waals surface area contributed by atoms with E-state index in [1.807, 2.05) is 53.8 Å². The molecule has 1 aromatic heterocycles. The van der Waals surface area contributed by atoms with Crippen molar-refractivity contribution in [2.24, 2.45) is 0 Å². The second-order valence-corrected chi connectivity index (χ2v) is 3.27. The third-order valence-electron chi connectivity index (χ3n) is 1.47. The van der Waals surface area contributed by atoms with Crippen molar-refractivity contribution in [1.82, 2.24) is 0 Å². The number of rotatable bonds is 0. The lowest BCUT2D eigenvalue weighted by atomic mass is 10.4. The van der Waals surface area contributed by atoms with Gasteiger partial charge in [-0.3, -0.25) is 0 Å². The third kappa shape index (κ3) is 5.40. The van der Waals surface area contributed by atoms with Gasteiger partial charge in [-0.2, -0.15) is 0 Å². The van der Waals surface area contributed by atoms with Gasteiger partial charge >= 0.3 is 0 Å². The van der Waals surface area contributed by atoms with Crippen molar-refractivity contribution < 1.29 is 9.47 Å². The standard InChI is InChI=1S/C7H8O2S.3C2H6/c1-5-7-6(4-10-5)8-2-3-9-7;3*1-2/h4H,2-3H2,1H3;3*1-2H3. The molecule has 0 atom stereocenters. The normalized spacial score (nSPS) is 10.7. The second kappa shape index (κ2) is 12.4. The number of hydrogen-bond donors (Lipinski definition) is 0. The van der Waals surface area contributed by atoms with E-state index in [1.165, 1.54) is 4.88 Å². The van der Waals surface area contributed by atoms with Crippen LogP contribution in [0.5, 0.6) is 11.5 Å². The lowest BCUT2D eigenvalue weighted by Crippen LogP contribution is -2.14. The lowest BCUT2D eigenvalue weighted by Gasteiger charge is -2.14. The molecular weight excluding hydrogens is 220 g/mol. The average molecular weight is 246 g/mol. The topological polar surface area (TPSA) is 18.5 Å². The summed E-state index contributed by atoms with van der Waals surface area (Å²) in [7, 11) is 0. The molecule has 1 aliphatic rings. The van der Waals surface area contributed by atoms with Crippen LogP contribution in [-0.2, 0) is 0 Å². The van der Waals surface area contributed by atoms with Crippen LogP contribution in [0.25, 0.3) is 0 Å². The van der Waals surface area contributed by atoms with Crippen molar-refractivity contribution in [3.8, 4) is 11.5 Å². The van der Waals surface area contributed by atoms with E-state index in [9.17, 15) is 0 Å². The highest BCUT2D eigenvalue weighted by Crippen LogP contribution is 2.38. The Morgan fingerprint density at radius 1 is 0.938 bits per heavy atom. The molecule has 0 bridgehead atoms. The SMILES string of the molecule is CC.CC.CC.Cc1scc2c1OCCO2. The highest BCUT2D eigenvalue weighted by atomic mass is 32.1. The van der Waals surface area contributed by atoms with Gasteiger partial charge in [0, 0.05) is 10.3 Å². The molecule has 0 unspecified atom stereocenters. The summed E-state index contributed by atoms with van der Waals surface area (Å²) < 4.78 is 10.7. The molecule has 0 N–H and O–H groups in total. The molecule has 96 valence electrons. The summed E-state index contributed by atoms with van der Waals surface area (Å²) in [5.41, 5.74) is 0. The molecule has 0 amide bonds. The van der Waals surface area contributed by atoms with Crippen LogP contribution in [0, 0.1) is 6.92 Å². The van der Waals surface area contributed by atoms with E-state index in [0.29, 0.717) is 13.2 Å². The monoisotopic (exact) mass is 246 g/mol. The highest BCUT2D eigenvalue weighted by molar-refractivity contribution is 7.10. The summed E-state index contributed by atoms with van der Waals surface area (Å²) in [6.45, 7) is 15.4. The molecule has 0 radical (unpaired) electrons. The van der Waals surface area contributed by atoms with Gasteiger partial charge in [0.1, 0.15) is 13.2 Å². The van der Waals surface area contributed by atoms with Crippen molar-refractivity contribution in [2.45, 2.75) is 48.5 Å². The van der Waals surface area contributed by atoms with Gasteiger partial charge in [-0.05, 0) is 6.92 Å². The van der Waals surface area contributed by atoms with Gasteiger partial charge in [0.25, 0.3) is 0 Å². The highest BCUT2D eigenvalue weighted by Gasteiger charge is 2.14. The largest absolute Gasteiger partial charge is 0.485 e. The third-order valence-corrected chi connectivity index (χ3v) is 2.34. The van der Waals surface area contributed by atoms with Crippen LogP contribution in [-0.4, -0.2) is 13.2 Å². The molecule has 0 spiro atoms. The smallest absolute Gasteiger partial charge is 0.174 e. The predicted molar refractivity (Wildman–Crippen MR) is 74.1 cm³/mol. The summed E-state index contributed by atoms with van der Waals surface area (Å²) in [6.07, 6.45) is 0. The average Bonchev–Trinajstić information content (AvgIpc) is 2.79. The molecule has 0 saturated heterocycles. The van der Waals surface area contributed by atoms with E-state index in [1.54, 1.807) is 11.3 Å². The zero-order chi connectivity index (χ0) is 13.0. The van der Waals surface area contributed by atoms with E-state index in [0.717, 1.165) is 11.5 Å². The summed E-state index contributed by atoms with van der Waals surface area (Å²) in [5, 5.41) is 1.99. The van der Waals surface area contributed by atoms with Crippen LogP contribution >= 0.6 is 11.3 Å². The minimum atomic E-state index is 0.684. The maximum atomic E-state index is 5.38. The first-order valence-corrected chi connectivity index (χ1v) is 7.09. The first kappa shape index (κ1) is 17.7. The van der Waals surface area contributed by atoms with Crippen molar-refractivity contribution in [3.05, 3.63) is 10.3 Å². The number of hydrogen-bond acceptors (Lipinski definition) is 3. The van der Waals surface area contributed by atoms with Gasteiger partial charge in [0.15, 0.2) is 11.5 Å². The van der Waals surface area contributed by atoms with Gasteiger partial charge in [0.2, 0.25) is 0 Å². The molecule has 3 heteroatoms. The quantitative estimate of drug-likeness (QED) is 0.648. The molecule has 0 fully saturated rings. The molecule has 1 aliphatic heterocycles. The fourth-order valence-corrected chi connectivity index (χ4v) is 1.72. The minimum absolute atomic E-state index is 0.684. The number of aryl methyl sites for hydroxylation is 1. The molecule has 0 saturated carbocycles. The molecule has 2 rings (SSSR count). The van der Waals surface area contributed by atoms with E-state index in [2.05, 4.69) is 0 Å². The Morgan fingerprint density at radius 2 is 1.44 bits per heavy atom. The Morgan fingerprint density at radius 3 is 1.94 bits per heavy atom. The van der Waals surface area contributed by atoms with E-state index in [-0.39, 0.29) is 0 Å². The molecule has 2 nitrogen and oxygen atoms in total. The van der Waals surface area contributed by atoms with Crippen LogP contribution in [0.1, 0.15) is 46.4 Å². The van der Waals surface area contributed by atoms with Crippen molar-refractivity contribution >= 4 is 11.3 Å². The minimum Gasteiger partial charge on any atom is -0.485 e. The zero-order valence-corrected chi connectivity index (χ0v) is 12.5. The maximum absolute atomic E-state index is 5.38. The Kier molecular flexibility index (Phi) is 13.7. The summed E-state index contributed by atoms with van der Waals surface area (Å²) >= 11 is 1.67. The first-order chi connectivity index (χ1) is 7.88. The molecular formula is C13H26O2S. The van der Waals surface area contributed by atoms with Crippen LogP contribution in [0.4, 0.5) is 0 Å². The van der Waals surface area contributed by atoms with Gasteiger partial charge < -0.3 is 9.47 Å². The fourth-order valence-electron chi connectivity index (χ4n) is 0.990. The van der Waals surface area contributed by atoms with Crippen molar-refractivity contribution in [1.29, 1.82) is 0 Å². The lowest BCUT2D eigenvalue weighted by molar-refractivity contribution is 0.172. The molecule has 1 aromatic rings. The van der Waals surface area contributed by atoms with Crippen LogP contribution in [0.3, 0.4) is 0 Å². The molecule has 0 aliphatic carbocycles. The molecule has 0 aromatic carbocycles. The van der Waals surface area contributed by atoms with Crippen LogP contribution in [0.2, 0.25) is 0 Å². The summed E-state index contributed by atoms with van der Waals surface area (Å²) in [5.74, 6) is 1.85. The molecule has 16 heavy (non-hydrogen) atoms. The van der Waals surface area contributed by atoms with Gasteiger partial charge in [0.05, 0.1) is 0 Å². The Hall–Kier alpha value is -0.700. The number of ether oxygens (including phenoxy) is 2. The first-order valence-electron chi connectivity index (χ1n) is 6.21. The van der Waals surface area contributed by atoms with E-state index in [4.69, 9.17) is 9.47 Å². The number of fused-ring (bicyclic) bond motifs is 1. The van der Waals surface area contributed by atoms with Crippen molar-refractivity contribution in [2.75, 3.05) is 13.2 Å². The summed E-state index contributed by atoms with van der Waals surface area (Å²) in [4.78, 5) is 1.20. The Balaban J connectivity index is 0. The molecule has 2 heterocycles. The van der Waals surface area contributed by atoms with Crippen LogP contribution < -0.4 is 9.47 Å². The van der Waals surface area contributed by atoms with Gasteiger partial charge in [-0.25, -0.2) is 0 Å². The Bertz CT molecular complexity index is 244. The zero-order valence-electron chi connectivity index (χ0n) is 11.7. The Labute approximate surface area is 105 Å².